The van der Waals surface area contributed by atoms with E-state index in [9.17, 15) is 9.59 Å². The SMILES string of the molecule is C=CC(=O)OCCCc1ccc2cc(C(=O)O)ccc2c1. The first-order chi connectivity index (χ1) is 10.1. The van der Waals surface area contributed by atoms with E-state index in [2.05, 4.69) is 6.58 Å². The van der Waals surface area contributed by atoms with E-state index in [1.54, 1.807) is 18.2 Å². The van der Waals surface area contributed by atoms with Gasteiger partial charge in [0.15, 0.2) is 0 Å². The Bertz CT molecular complexity index is 688. The topological polar surface area (TPSA) is 63.6 Å². The Morgan fingerprint density at radius 3 is 2.57 bits per heavy atom. The quantitative estimate of drug-likeness (QED) is 0.502. The number of rotatable bonds is 6. The number of ether oxygens (including phenoxy) is 1. The predicted molar refractivity (Wildman–Crippen MR) is 80.4 cm³/mol. The summed E-state index contributed by atoms with van der Waals surface area (Å²) < 4.78 is 4.92. The van der Waals surface area contributed by atoms with Crippen LogP contribution in [-0.4, -0.2) is 23.7 Å². The molecule has 0 saturated carbocycles. The van der Waals surface area contributed by atoms with Crippen LogP contribution in [0.2, 0.25) is 0 Å². The lowest BCUT2D eigenvalue weighted by Crippen LogP contribution is -2.02. The molecule has 0 aromatic heterocycles. The lowest BCUT2D eigenvalue weighted by atomic mass is 10.0. The molecule has 0 bridgehead atoms. The molecule has 4 nitrogen and oxygen atoms in total. The van der Waals surface area contributed by atoms with Crippen LogP contribution in [0.4, 0.5) is 0 Å². The highest BCUT2D eigenvalue weighted by Crippen LogP contribution is 2.19. The molecule has 0 heterocycles. The smallest absolute Gasteiger partial charge is 0.335 e. The van der Waals surface area contributed by atoms with E-state index in [1.165, 1.54) is 0 Å². The fourth-order valence-corrected chi connectivity index (χ4v) is 2.09. The summed E-state index contributed by atoms with van der Waals surface area (Å²) in [5, 5.41) is 10.9. The third-order valence-electron chi connectivity index (χ3n) is 3.17. The molecule has 108 valence electrons. The van der Waals surface area contributed by atoms with Gasteiger partial charge < -0.3 is 9.84 Å². The molecule has 0 atom stereocenters. The van der Waals surface area contributed by atoms with Gasteiger partial charge in [0.2, 0.25) is 0 Å². The summed E-state index contributed by atoms with van der Waals surface area (Å²) in [6, 6.07) is 11.0. The zero-order valence-electron chi connectivity index (χ0n) is 11.5. The summed E-state index contributed by atoms with van der Waals surface area (Å²) in [6.45, 7) is 3.70. The maximum Gasteiger partial charge on any atom is 0.335 e. The zero-order chi connectivity index (χ0) is 15.2. The Labute approximate surface area is 122 Å². The number of hydrogen-bond donors (Lipinski definition) is 1. The number of carboxylic acid groups (broad SMARTS) is 1. The fourth-order valence-electron chi connectivity index (χ4n) is 2.09. The highest BCUT2D eigenvalue weighted by Gasteiger charge is 2.04. The number of fused-ring (bicyclic) bond motifs is 1. The van der Waals surface area contributed by atoms with Crippen molar-refractivity contribution < 1.29 is 19.4 Å². The Morgan fingerprint density at radius 1 is 1.14 bits per heavy atom. The van der Waals surface area contributed by atoms with Gasteiger partial charge in [-0.2, -0.15) is 0 Å². The van der Waals surface area contributed by atoms with E-state index in [1.807, 2.05) is 18.2 Å². The van der Waals surface area contributed by atoms with E-state index in [0.29, 0.717) is 6.61 Å². The largest absolute Gasteiger partial charge is 0.478 e. The number of hydrogen-bond acceptors (Lipinski definition) is 3. The zero-order valence-corrected chi connectivity index (χ0v) is 11.5. The summed E-state index contributed by atoms with van der Waals surface area (Å²) >= 11 is 0. The average molecular weight is 284 g/mol. The number of carbonyl (C=O) groups is 2. The van der Waals surface area contributed by atoms with E-state index in [4.69, 9.17) is 9.84 Å². The molecular weight excluding hydrogens is 268 g/mol. The Kier molecular flexibility index (Phi) is 4.72. The molecule has 0 saturated heterocycles. The van der Waals surface area contributed by atoms with Crippen LogP contribution in [0.15, 0.2) is 49.1 Å². The standard InChI is InChI=1S/C17H16O4/c1-2-16(18)21-9-3-4-12-5-6-14-11-15(17(19)20)8-7-13(14)10-12/h2,5-8,10-11H,1,3-4,9H2,(H,19,20). The first-order valence-electron chi connectivity index (χ1n) is 6.65. The highest BCUT2D eigenvalue weighted by molar-refractivity contribution is 5.94. The first kappa shape index (κ1) is 14.8. The van der Waals surface area contributed by atoms with Gasteiger partial charge in [0.25, 0.3) is 0 Å². The third-order valence-corrected chi connectivity index (χ3v) is 3.17. The van der Waals surface area contributed by atoms with Crippen molar-refractivity contribution >= 4 is 22.7 Å². The van der Waals surface area contributed by atoms with Crippen LogP contribution in [0.1, 0.15) is 22.3 Å². The first-order valence-corrected chi connectivity index (χ1v) is 6.65. The molecule has 0 spiro atoms. The molecule has 0 amide bonds. The molecule has 0 aliphatic carbocycles. The van der Waals surface area contributed by atoms with Crippen LogP contribution in [-0.2, 0) is 16.0 Å². The number of esters is 1. The van der Waals surface area contributed by atoms with Crippen LogP contribution < -0.4 is 0 Å². The molecule has 2 aromatic carbocycles. The summed E-state index contributed by atoms with van der Waals surface area (Å²) in [5.41, 5.74) is 1.41. The van der Waals surface area contributed by atoms with Crippen molar-refractivity contribution in [2.75, 3.05) is 6.61 Å². The van der Waals surface area contributed by atoms with Crippen molar-refractivity contribution in [3.8, 4) is 0 Å². The summed E-state index contributed by atoms with van der Waals surface area (Å²) in [5.74, 6) is -1.33. The molecule has 21 heavy (non-hydrogen) atoms. The van der Waals surface area contributed by atoms with Crippen LogP contribution >= 0.6 is 0 Å². The molecule has 4 heteroatoms. The molecule has 2 rings (SSSR count). The lowest BCUT2D eigenvalue weighted by molar-refractivity contribution is -0.137. The molecule has 0 aliphatic heterocycles. The van der Waals surface area contributed by atoms with Gasteiger partial charge in [-0.15, -0.1) is 0 Å². The second-order valence-electron chi connectivity index (χ2n) is 4.68. The minimum atomic E-state index is -0.926. The molecular formula is C17H16O4. The van der Waals surface area contributed by atoms with Crippen molar-refractivity contribution in [3.05, 3.63) is 60.2 Å². The van der Waals surface area contributed by atoms with Gasteiger partial charge in [0.05, 0.1) is 12.2 Å². The van der Waals surface area contributed by atoms with Crippen LogP contribution in [0.25, 0.3) is 10.8 Å². The minimum absolute atomic E-state index is 0.284. The summed E-state index contributed by atoms with van der Waals surface area (Å²) in [6.07, 6.45) is 2.68. The van der Waals surface area contributed by atoms with Gasteiger partial charge >= 0.3 is 11.9 Å². The van der Waals surface area contributed by atoms with Gasteiger partial charge in [-0.1, -0.05) is 30.8 Å². The van der Waals surface area contributed by atoms with Crippen LogP contribution in [0, 0.1) is 0 Å². The molecule has 1 N–H and O–H groups in total. The van der Waals surface area contributed by atoms with Crippen molar-refractivity contribution in [1.82, 2.24) is 0 Å². The maximum atomic E-state index is 10.9. The monoisotopic (exact) mass is 284 g/mol. The Morgan fingerprint density at radius 2 is 1.86 bits per heavy atom. The number of aryl methyl sites for hydroxylation is 1. The Balaban J connectivity index is 2.02. The van der Waals surface area contributed by atoms with Crippen molar-refractivity contribution in [2.24, 2.45) is 0 Å². The maximum absolute atomic E-state index is 10.9. The fraction of sp³-hybridized carbons (Fsp3) is 0.176. The third kappa shape index (κ3) is 3.92. The number of aromatic carboxylic acids is 1. The molecule has 0 unspecified atom stereocenters. The van der Waals surface area contributed by atoms with Crippen molar-refractivity contribution in [2.45, 2.75) is 12.8 Å². The predicted octanol–water partition coefficient (Wildman–Crippen LogP) is 3.20. The summed E-state index contributed by atoms with van der Waals surface area (Å²) in [4.78, 5) is 21.8. The van der Waals surface area contributed by atoms with Gasteiger partial charge in [0.1, 0.15) is 0 Å². The lowest BCUT2D eigenvalue weighted by Gasteiger charge is -2.05. The molecule has 0 aliphatic rings. The van der Waals surface area contributed by atoms with Gasteiger partial charge in [-0.3, -0.25) is 0 Å². The second-order valence-corrected chi connectivity index (χ2v) is 4.68. The van der Waals surface area contributed by atoms with E-state index in [0.717, 1.165) is 35.3 Å². The van der Waals surface area contributed by atoms with Gasteiger partial charge in [-0.25, -0.2) is 9.59 Å². The number of benzene rings is 2. The Hall–Kier alpha value is -2.62. The van der Waals surface area contributed by atoms with E-state index in [-0.39, 0.29) is 5.56 Å². The normalized spacial score (nSPS) is 10.3. The number of carboxylic acids is 1. The number of carbonyl (C=O) groups excluding carboxylic acids is 1. The summed E-state index contributed by atoms with van der Waals surface area (Å²) in [7, 11) is 0. The van der Waals surface area contributed by atoms with Crippen LogP contribution in [0.3, 0.4) is 0 Å². The van der Waals surface area contributed by atoms with Gasteiger partial charge in [0, 0.05) is 6.08 Å². The minimum Gasteiger partial charge on any atom is -0.478 e. The average Bonchev–Trinajstić information content (AvgIpc) is 2.50. The van der Waals surface area contributed by atoms with Crippen molar-refractivity contribution in [3.63, 3.8) is 0 Å². The molecule has 2 aromatic rings. The van der Waals surface area contributed by atoms with Gasteiger partial charge in [-0.05, 0) is 41.3 Å². The molecule has 0 radical (unpaired) electrons. The van der Waals surface area contributed by atoms with Crippen LogP contribution in [0.5, 0.6) is 0 Å². The second kappa shape index (κ2) is 6.70. The highest BCUT2D eigenvalue weighted by atomic mass is 16.5. The van der Waals surface area contributed by atoms with E-state index < -0.39 is 11.9 Å². The molecule has 0 fully saturated rings. The van der Waals surface area contributed by atoms with E-state index >= 15 is 0 Å². The van der Waals surface area contributed by atoms with Crippen molar-refractivity contribution in [1.29, 1.82) is 0 Å².